The van der Waals surface area contributed by atoms with Crippen molar-refractivity contribution >= 4 is 22.7 Å². The molecule has 2 rings (SSSR count). The van der Waals surface area contributed by atoms with E-state index in [2.05, 4.69) is 4.98 Å². The lowest BCUT2D eigenvalue weighted by atomic mass is 10.3. The van der Waals surface area contributed by atoms with Crippen LogP contribution < -0.4 is 0 Å². The van der Waals surface area contributed by atoms with Crippen molar-refractivity contribution in [3.05, 3.63) is 29.1 Å². The minimum Gasteiger partial charge on any atom is -0.458 e. The number of aromatic nitrogens is 1. The van der Waals surface area contributed by atoms with E-state index in [-0.39, 0.29) is 0 Å². The second-order valence-corrected chi connectivity index (χ2v) is 2.98. The van der Waals surface area contributed by atoms with Crippen molar-refractivity contribution in [2.75, 3.05) is 0 Å². The summed E-state index contributed by atoms with van der Waals surface area (Å²) in [5.74, 6) is 0.922. The number of pyridine rings is 1. The van der Waals surface area contributed by atoms with Gasteiger partial charge in [-0.25, -0.2) is 0 Å². The van der Waals surface area contributed by atoms with Crippen molar-refractivity contribution in [2.24, 2.45) is 0 Å². The van der Waals surface area contributed by atoms with E-state index in [0.717, 1.165) is 17.7 Å². The summed E-state index contributed by atoms with van der Waals surface area (Å²) in [6.45, 7) is 2.03. The Labute approximate surface area is 75.2 Å². The Hall–Kier alpha value is -1.02. The Morgan fingerprint density at radius 1 is 1.58 bits per heavy atom. The third kappa shape index (κ3) is 1.08. The average Bonchev–Trinajstić information content (AvgIpc) is 2.49. The number of furan rings is 1. The van der Waals surface area contributed by atoms with Gasteiger partial charge in [0, 0.05) is 18.7 Å². The first-order valence-corrected chi connectivity index (χ1v) is 4.22. The minimum absolute atomic E-state index is 0.625. The Balaban J connectivity index is 2.74. The van der Waals surface area contributed by atoms with Crippen LogP contribution >= 0.6 is 11.6 Å². The molecule has 0 saturated carbocycles. The van der Waals surface area contributed by atoms with Crippen LogP contribution in [0.2, 0.25) is 5.02 Å². The Kier molecular flexibility index (Phi) is 1.77. The molecular formula is C9H8ClNO. The van der Waals surface area contributed by atoms with Crippen molar-refractivity contribution in [3.8, 4) is 0 Å². The zero-order chi connectivity index (χ0) is 8.55. The number of fused-ring (bicyclic) bond motifs is 1. The monoisotopic (exact) mass is 181 g/mol. The molecule has 0 aliphatic heterocycles. The third-order valence-electron chi connectivity index (χ3n) is 1.76. The molecule has 0 amide bonds. The van der Waals surface area contributed by atoms with Gasteiger partial charge in [-0.05, 0) is 6.07 Å². The predicted octanol–water partition coefficient (Wildman–Crippen LogP) is 3.04. The lowest BCUT2D eigenvalue weighted by molar-refractivity contribution is 0.557. The van der Waals surface area contributed by atoms with Gasteiger partial charge < -0.3 is 4.42 Å². The van der Waals surface area contributed by atoms with Gasteiger partial charge in [0.05, 0.1) is 5.02 Å². The molecule has 0 bridgehead atoms. The van der Waals surface area contributed by atoms with Gasteiger partial charge in [0.25, 0.3) is 0 Å². The first-order valence-electron chi connectivity index (χ1n) is 3.84. The van der Waals surface area contributed by atoms with Gasteiger partial charge in [0.1, 0.15) is 11.3 Å². The molecule has 0 atom stereocenters. The topological polar surface area (TPSA) is 26.0 Å². The quantitative estimate of drug-likeness (QED) is 0.676. The molecule has 0 N–H and O–H groups in total. The van der Waals surface area contributed by atoms with Crippen molar-refractivity contribution in [1.82, 2.24) is 4.98 Å². The molecule has 0 saturated heterocycles. The normalized spacial score (nSPS) is 10.8. The summed E-state index contributed by atoms with van der Waals surface area (Å²) in [7, 11) is 0. The number of halogens is 1. The van der Waals surface area contributed by atoms with Crippen LogP contribution in [-0.2, 0) is 6.42 Å². The average molecular weight is 182 g/mol. The number of hydrogen-bond acceptors (Lipinski definition) is 2. The molecule has 3 heteroatoms. The van der Waals surface area contributed by atoms with E-state index in [9.17, 15) is 0 Å². The van der Waals surface area contributed by atoms with Gasteiger partial charge in [0.15, 0.2) is 5.58 Å². The van der Waals surface area contributed by atoms with Crippen LogP contribution in [0.25, 0.3) is 11.1 Å². The fourth-order valence-electron chi connectivity index (χ4n) is 1.13. The third-order valence-corrected chi connectivity index (χ3v) is 2.06. The van der Waals surface area contributed by atoms with Crippen molar-refractivity contribution in [3.63, 3.8) is 0 Å². The standard InChI is InChI=1S/C9H8ClNO/c1-2-6-5-8-9(12-6)7(10)3-4-11-8/h3-5H,2H2,1H3. The SMILES string of the molecule is CCc1cc2nccc(Cl)c2o1. The van der Waals surface area contributed by atoms with Gasteiger partial charge >= 0.3 is 0 Å². The number of rotatable bonds is 1. The van der Waals surface area contributed by atoms with Crippen LogP contribution in [0.4, 0.5) is 0 Å². The molecule has 2 aromatic rings. The summed E-state index contributed by atoms with van der Waals surface area (Å²) in [5, 5.41) is 0.625. The fraction of sp³-hybridized carbons (Fsp3) is 0.222. The van der Waals surface area contributed by atoms with Gasteiger partial charge in [-0.1, -0.05) is 18.5 Å². The lowest BCUT2D eigenvalue weighted by Crippen LogP contribution is -1.70. The zero-order valence-corrected chi connectivity index (χ0v) is 7.43. The Bertz CT molecular complexity index is 408. The van der Waals surface area contributed by atoms with Crippen LogP contribution in [0.5, 0.6) is 0 Å². The van der Waals surface area contributed by atoms with Crippen molar-refractivity contribution in [1.29, 1.82) is 0 Å². The first kappa shape index (κ1) is 7.62. The number of aryl methyl sites for hydroxylation is 1. The second kappa shape index (κ2) is 2.79. The molecule has 0 spiro atoms. The Morgan fingerprint density at radius 2 is 2.42 bits per heavy atom. The summed E-state index contributed by atoms with van der Waals surface area (Å²) < 4.78 is 5.45. The van der Waals surface area contributed by atoms with E-state index in [1.165, 1.54) is 0 Å². The minimum atomic E-state index is 0.625. The predicted molar refractivity (Wildman–Crippen MR) is 48.4 cm³/mol. The molecule has 2 heterocycles. The second-order valence-electron chi connectivity index (χ2n) is 2.57. The summed E-state index contributed by atoms with van der Waals surface area (Å²) in [4.78, 5) is 4.13. The molecule has 2 nitrogen and oxygen atoms in total. The molecule has 0 fully saturated rings. The maximum Gasteiger partial charge on any atom is 0.171 e. The lowest BCUT2D eigenvalue weighted by Gasteiger charge is -1.88. The highest BCUT2D eigenvalue weighted by Gasteiger charge is 2.05. The molecule has 0 radical (unpaired) electrons. The molecule has 0 aromatic carbocycles. The fourth-order valence-corrected chi connectivity index (χ4v) is 1.32. The maximum absolute atomic E-state index is 5.89. The van der Waals surface area contributed by atoms with E-state index in [1.54, 1.807) is 12.3 Å². The molecule has 62 valence electrons. The molecule has 2 aromatic heterocycles. The smallest absolute Gasteiger partial charge is 0.171 e. The molecular weight excluding hydrogens is 174 g/mol. The number of nitrogens with zero attached hydrogens (tertiary/aromatic N) is 1. The highest BCUT2D eigenvalue weighted by molar-refractivity contribution is 6.34. The molecule has 12 heavy (non-hydrogen) atoms. The van der Waals surface area contributed by atoms with E-state index in [0.29, 0.717) is 10.6 Å². The summed E-state index contributed by atoms with van der Waals surface area (Å²) in [6, 6.07) is 3.65. The highest BCUT2D eigenvalue weighted by atomic mass is 35.5. The van der Waals surface area contributed by atoms with Crippen molar-refractivity contribution in [2.45, 2.75) is 13.3 Å². The van der Waals surface area contributed by atoms with Crippen LogP contribution in [0.1, 0.15) is 12.7 Å². The van der Waals surface area contributed by atoms with Crippen LogP contribution in [0.15, 0.2) is 22.7 Å². The molecule has 0 aliphatic carbocycles. The number of hydrogen-bond donors (Lipinski definition) is 0. The van der Waals surface area contributed by atoms with E-state index in [4.69, 9.17) is 16.0 Å². The summed E-state index contributed by atoms with van der Waals surface area (Å²) in [5.41, 5.74) is 1.52. The largest absolute Gasteiger partial charge is 0.458 e. The first-order chi connectivity index (χ1) is 5.81. The summed E-state index contributed by atoms with van der Waals surface area (Å²) >= 11 is 5.89. The van der Waals surface area contributed by atoms with Crippen LogP contribution in [0.3, 0.4) is 0 Å². The summed E-state index contributed by atoms with van der Waals surface area (Å²) in [6.07, 6.45) is 2.55. The zero-order valence-electron chi connectivity index (χ0n) is 6.67. The maximum atomic E-state index is 5.89. The van der Waals surface area contributed by atoms with Gasteiger partial charge in [0.2, 0.25) is 0 Å². The molecule has 0 unspecified atom stereocenters. The van der Waals surface area contributed by atoms with E-state index in [1.807, 2.05) is 13.0 Å². The Morgan fingerprint density at radius 3 is 3.08 bits per heavy atom. The van der Waals surface area contributed by atoms with Gasteiger partial charge in [-0.3, -0.25) is 4.98 Å². The van der Waals surface area contributed by atoms with Gasteiger partial charge in [-0.2, -0.15) is 0 Å². The van der Waals surface area contributed by atoms with E-state index < -0.39 is 0 Å². The van der Waals surface area contributed by atoms with Gasteiger partial charge in [-0.15, -0.1) is 0 Å². The van der Waals surface area contributed by atoms with Crippen LogP contribution in [0, 0.1) is 0 Å². The molecule has 0 aliphatic rings. The van der Waals surface area contributed by atoms with Crippen molar-refractivity contribution < 1.29 is 4.42 Å². The van der Waals surface area contributed by atoms with E-state index >= 15 is 0 Å². The van der Waals surface area contributed by atoms with Crippen LogP contribution in [-0.4, -0.2) is 4.98 Å². The highest BCUT2D eigenvalue weighted by Crippen LogP contribution is 2.24.